The van der Waals surface area contributed by atoms with Crippen molar-refractivity contribution in [2.75, 3.05) is 7.05 Å². The lowest BCUT2D eigenvalue weighted by Gasteiger charge is -2.41. The Labute approximate surface area is 188 Å². The second-order valence-corrected chi connectivity index (χ2v) is 9.12. The fraction of sp³-hybridized carbons (Fsp3) is 0.500. The van der Waals surface area contributed by atoms with Gasteiger partial charge in [-0.15, -0.1) is 0 Å². The number of nitrogens with zero attached hydrogens (tertiary/aromatic N) is 3. The number of rotatable bonds is 5. The van der Waals surface area contributed by atoms with Gasteiger partial charge in [0.2, 0.25) is 5.91 Å². The standard InChI is InChI=1S/C24H31N5O3/c1-16(17-10-6-4-7-11-17)25-21(30)19-14-20-22(31)28(3)24(2,15-29(20)27-19)23(32)26-18-12-8-5-9-13-18/h4,6-7,10-11,14,16,18H,5,8-9,12-13,15H2,1-3H3,(H,25,30)(H,26,32). The van der Waals surface area contributed by atoms with Gasteiger partial charge in [0, 0.05) is 19.2 Å². The highest BCUT2D eigenvalue weighted by molar-refractivity contribution is 6.01. The molecule has 0 spiro atoms. The smallest absolute Gasteiger partial charge is 0.272 e. The predicted molar refractivity (Wildman–Crippen MR) is 120 cm³/mol. The number of aromatic nitrogens is 2. The van der Waals surface area contributed by atoms with Crippen molar-refractivity contribution in [3.63, 3.8) is 0 Å². The first kappa shape index (κ1) is 22.0. The van der Waals surface area contributed by atoms with Gasteiger partial charge < -0.3 is 15.5 Å². The van der Waals surface area contributed by atoms with Gasteiger partial charge in [0.15, 0.2) is 5.69 Å². The van der Waals surface area contributed by atoms with E-state index in [9.17, 15) is 14.4 Å². The molecule has 32 heavy (non-hydrogen) atoms. The van der Waals surface area contributed by atoms with Crippen LogP contribution in [0.2, 0.25) is 0 Å². The minimum atomic E-state index is -1.07. The number of fused-ring (bicyclic) bond motifs is 1. The maximum Gasteiger partial charge on any atom is 0.272 e. The maximum absolute atomic E-state index is 13.2. The number of carbonyl (C=O) groups excluding carboxylic acids is 3. The average molecular weight is 438 g/mol. The van der Waals surface area contributed by atoms with Gasteiger partial charge in [0.05, 0.1) is 12.6 Å². The summed E-state index contributed by atoms with van der Waals surface area (Å²) in [6.45, 7) is 3.85. The van der Waals surface area contributed by atoms with Crippen LogP contribution in [-0.4, -0.2) is 51.0 Å². The second kappa shape index (κ2) is 8.76. The van der Waals surface area contributed by atoms with Gasteiger partial charge in [0.1, 0.15) is 11.2 Å². The number of likely N-dealkylation sites (N-methyl/N-ethyl adjacent to an activating group) is 1. The summed E-state index contributed by atoms with van der Waals surface area (Å²) in [6, 6.07) is 11.1. The van der Waals surface area contributed by atoms with E-state index in [1.54, 1.807) is 14.0 Å². The minimum Gasteiger partial charge on any atom is -0.351 e. The average Bonchev–Trinajstić information content (AvgIpc) is 3.23. The number of amides is 3. The third-order valence-corrected chi connectivity index (χ3v) is 6.81. The van der Waals surface area contributed by atoms with E-state index in [1.165, 1.54) is 22.1 Å². The first-order valence-corrected chi connectivity index (χ1v) is 11.3. The molecule has 1 aliphatic carbocycles. The Balaban J connectivity index is 1.50. The van der Waals surface area contributed by atoms with Crippen LogP contribution in [0.25, 0.3) is 0 Å². The van der Waals surface area contributed by atoms with Crippen molar-refractivity contribution >= 4 is 17.7 Å². The lowest BCUT2D eigenvalue weighted by atomic mass is 9.92. The zero-order valence-electron chi connectivity index (χ0n) is 18.9. The summed E-state index contributed by atoms with van der Waals surface area (Å²) in [6.07, 6.45) is 5.36. The Morgan fingerprint density at radius 3 is 2.53 bits per heavy atom. The Morgan fingerprint density at radius 2 is 1.84 bits per heavy atom. The van der Waals surface area contributed by atoms with E-state index < -0.39 is 5.54 Å². The number of hydrogen-bond donors (Lipinski definition) is 2. The number of benzene rings is 1. The van der Waals surface area contributed by atoms with E-state index in [1.807, 2.05) is 37.3 Å². The van der Waals surface area contributed by atoms with Gasteiger partial charge in [-0.2, -0.15) is 5.10 Å². The first-order chi connectivity index (χ1) is 15.3. The molecule has 1 fully saturated rings. The summed E-state index contributed by atoms with van der Waals surface area (Å²) in [7, 11) is 1.64. The van der Waals surface area contributed by atoms with Gasteiger partial charge in [-0.1, -0.05) is 49.6 Å². The Morgan fingerprint density at radius 1 is 1.16 bits per heavy atom. The van der Waals surface area contributed by atoms with Gasteiger partial charge in [-0.25, -0.2) is 0 Å². The third-order valence-electron chi connectivity index (χ3n) is 6.81. The van der Waals surface area contributed by atoms with Gasteiger partial charge in [-0.05, 0) is 32.3 Å². The maximum atomic E-state index is 13.2. The lowest BCUT2D eigenvalue weighted by molar-refractivity contribution is -0.133. The molecule has 2 aliphatic rings. The Kier molecular flexibility index (Phi) is 6.04. The largest absolute Gasteiger partial charge is 0.351 e. The monoisotopic (exact) mass is 437 g/mol. The normalized spacial score (nSPS) is 22.2. The molecule has 3 amide bonds. The molecule has 1 saturated carbocycles. The van der Waals surface area contributed by atoms with Crippen LogP contribution < -0.4 is 10.6 Å². The van der Waals surface area contributed by atoms with Crippen LogP contribution in [0.1, 0.15) is 78.5 Å². The molecular formula is C24H31N5O3. The Hall–Kier alpha value is -3.16. The van der Waals surface area contributed by atoms with Crippen LogP contribution in [-0.2, 0) is 11.3 Å². The molecule has 2 aromatic rings. The molecule has 170 valence electrons. The van der Waals surface area contributed by atoms with E-state index in [4.69, 9.17) is 0 Å². The molecule has 1 aromatic heterocycles. The molecule has 1 aliphatic heterocycles. The highest BCUT2D eigenvalue weighted by Crippen LogP contribution is 2.27. The third kappa shape index (κ3) is 4.13. The summed E-state index contributed by atoms with van der Waals surface area (Å²) in [4.78, 5) is 40.5. The van der Waals surface area contributed by atoms with Crippen molar-refractivity contribution in [3.05, 3.63) is 53.3 Å². The molecule has 2 N–H and O–H groups in total. The summed E-state index contributed by atoms with van der Waals surface area (Å²) >= 11 is 0. The fourth-order valence-electron chi connectivity index (χ4n) is 4.52. The number of nitrogens with one attached hydrogen (secondary N) is 2. The lowest BCUT2D eigenvalue weighted by Crippen LogP contribution is -2.63. The van der Waals surface area contributed by atoms with Crippen LogP contribution >= 0.6 is 0 Å². The van der Waals surface area contributed by atoms with E-state index in [0.717, 1.165) is 31.2 Å². The highest BCUT2D eigenvalue weighted by atomic mass is 16.2. The molecule has 2 heterocycles. The summed E-state index contributed by atoms with van der Waals surface area (Å²) in [5.41, 5.74) is 0.389. The van der Waals surface area contributed by atoms with Crippen LogP contribution in [0.3, 0.4) is 0 Å². The number of carbonyl (C=O) groups is 3. The summed E-state index contributed by atoms with van der Waals surface area (Å²) < 4.78 is 1.49. The zero-order valence-corrected chi connectivity index (χ0v) is 18.9. The molecule has 2 unspecified atom stereocenters. The van der Waals surface area contributed by atoms with E-state index in [2.05, 4.69) is 15.7 Å². The molecule has 2 atom stereocenters. The second-order valence-electron chi connectivity index (χ2n) is 9.12. The van der Waals surface area contributed by atoms with Gasteiger partial charge in [0.25, 0.3) is 11.8 Å². The van der Waals surface area contributed by atoms with Crippen molar-refractivity contribution in [2.45, 2.75) is 70.1 Å². The molecule has 0 radical (unpaired) electrons. The van der Waals surface area contributed by atoms with Crippen molar-refractivity contribution in [2.24, 2.45) is 0 Å². The van der Waals surface area contributed by atoms with Crippen molar-refractivity contribution in [3.8, 4) is 0 Å². The molecule has 8 nitrogen and oxygen atoms in total. The SMILES string of the molecule is CC(NC(=O)c1cc2n(n1)CC(C)(C(=O)NC1CCCCC1)N(C)C2=O)c1ccccc1. The van der Waals surface area contributed by atoms with E-state index in [-0.39, 0.29) is 42.0 Å². The fourth-order valence-corrected chi connectivity index (χ4v) is 4.52. The minimum absolute atomic E-state index is 0.149. The Bertz CT molecular complexity index is 1010. The molecule has 4 rings (SSSR count). The highest BCUT2D eigenvalue weighted by Gasteiger charge is 2.46. The molecule has 0 saturated heterocycles. The first-order valence-electron chi connectivity index (χ1n) is 11.3. The van der Waals surface area contributed by atoms with Crippen LogP contribution in [0.15, 0.2) is 36.4 Å². The van der Waals surface area contributed by atoms with Crippen molar-refractivity contribution in [1.82, 2.24) is 25.3 Å². The van der Waals surface area contributed by atoms with Crippen molar-refractivity contribution in [1.29, 1.82) is 0 Å². The van der Waals surface area contributed by atoms with Crippen LogP contribution in [0.5, 0.6) is 0 Å². The molecule has 8 heteroatoms. The van der Waals surface area contributed by atoms with Gasteiger partial charge in [-0.3, -0.25) is 19.1 Å². The van der Waals surface area contributed by atoms with E-state index >= 15 is 0 Å². The summed E-state index contributed by atoms with van der Waals surface area (Å²) in [5, 5.41) is 10.4. The molecule has 1 aromatic carbocycles. The van der Waals surface area contributed by atoms with Crippen molar-refractivity contribution < 1.29 is 14.4 Å². The topological polar surface area (TPSA) is 96.3 Å². The quantitative estimate of drug-likeness (QED) is 0.752. The van der Waals surface area contributed by atoms with E-state index in [0.29, 0.717) is 5.69 Å². The number of hydrogen-bond acceptors (Lipinski definition) is 4. The summed E-state index contributed by atoms with van der Waals surface area (Å²) in [5.74, 6) is -0.850. The van der Waals surface area contributed by atoms with Crippen LogP contribution in [0, 0.1) is 0 Å². The van der Waals surface area contributed by atoms with Gasteiger partial charge >= 0.3 is 0 Å². The molecular weight excluding hydrogens is 406 g/mol. The van der Waals surface area contributed by atoms with Crippen LogP contribution in [0.4, 0.5) is 0 Å². The predicted octanol–water partition coefficient (Wildman–Crippen LogP) is 2.67. The zero-order chi connectivity index (χ0) is 22.9. The molecule has 0 bridgehead atoms.